The lowest BCUT2D eigenvalue weighted by atomic mass is 10.2. The molecule has 3 rings (SSSR count). The fourth-order valence-corrected chi connectivity index (χ4v) is 5.61. The van der Waals surface area contributed by atoms with Crippen molar-refractivity contribution in [3.63, 3.8) is 0 Å². The van der Waals surface area contributed by atoms with Gasteiger partial charge >= 0.3 is 0 Å². The number of halogens is 3. The molecule has 1 aromatic heterocycles. The minimum Gasteiger partial charge on any atom is -0.315 e. The first-order chi connectivity index (χ1) is 11.0. The summed E-state index contributed by atoms with van der Waals surface area (Å²) in [7, 11) is -3.56. The van der Waals surface area contributed by atoms with E-state index in [9.17, 15) is 8.42 Å². The maximum absolute atomic E-state index is 13.3. The Balaban J connectivity index is 0.00000156. The van der Waals surface area contributed by atoms with Crippen molar-refractivity contribution in [1.82, 2.24) is 14.6 Å². The Bertz CT molecular complexity index is 815. The second-order valence-electron chi connectivity index (χ2n) is 5.85. The quantitative estimate of drug-likeness (QED) is 0.728. The number of nitrogens with zero attached hydrogens (tertiary/aromatic N) is 2. The van der Waals surface area contributed by atoms with Gasteiger partial charge < -0.3 is 5.32 Å². The lowest BCUT2D eigenvalue weighted by Crippen LogP contribution is -2.46. The monoisotopic (exact) mass is 469 g/mol. The summed E-state index contributed by atoms with van der Waals surface area (Å²) < 4.78 is 28.9. The fourth-order valence-electron chi connectivity index (χ4n) is 3.01. The van der Waals surface area contributed by atoms with E-state index in [-0.39, 0.29) is 30.9 Å². The molecular weight excluding hydrogens is 449 g/mol. The Morgan fingerprint density at radius 2 is 2.00 bits per heavy atom. The van der Waals surface area contributed by atoms with Crippen molar-refractivity contribution in [2.24, 2.45) is 0 Å². The van der Waals surface area contributed by atoms with Gasteiger partial charge in [0, 0.05) is 46.8 Å². The third kappa shape index (κ3) is 4.64. The molecule has 2 aromatic rings. The number of sulfonamides is 1. The predicted molar refractivity (Wildman–Crippen MR) is 109 cm³/mol. The van der Waals surface area contributed by atoms with Crippen LogP contribution in [-0.4, -0.2) is 43.4 Å². The van der Waals surface area contributed by atoms with E-state index in [1.54, 1.807) is 28.8 Å². The number of hydrogen-bond donors (Lipinski definition) is 1. The molecule has 1 atom stereocenters. The van der Waals surface area contributed by atoms with Crippen LogP contribution in [0.3, 0.4) is 0 Å². The molecule has 0 aliphatic carbocycles. The summed E-state index contributed by atoms with van der Waals surface area (Å²) in [5, 5.41) is 4.83. The molecule has 1 N–H and O–H groups in total. The largest absolute Gasteiger partial charge is 0.315 e. The summed E-state index contributed by atoms with van der Waals surface area (Å²) >= 11 is 3.45. The molecule has 1 aromatic carbocycles. The molecule has 1 aliphatic rings. The van der Waals surface area contributed by atoms with Gasteiger partial charge in [-0.15, -0.1) is 24.8 Å². The first-order valence-electron chi connectivity index (χ1n) is 7.76. The molecule has 0 bridgehead atoms. The maximum Gasteiger partial charge on any atom is 0.244 e. The van der Waals surface area contributed by atoms with Gasteiger partial charge in [0.2, 0.25) is 10.0 Å². The van der Waals surface area contributed by atoms with Gasteiger partial charge in [0.1, 0.15) is 0 Å². The zero-order chi connectivity index (χ0) is 16.4. The van der Waals surface area contributed by atoms with Gasteiger partial charge in [-0.3, -0.25) is 4.98 Å². The Hall–Kier alpha value is -0.440. The molecule has 1 saturated heterocycles. The van der Waals surface area contributed by atoms with E-state index in [0.717, 1.165) is 24.8 Å². The predicted octanol–water partition coefficient (Wildman–Crippen LogP) is 3.60. The molecule has 9 heteroatoms. The van der Waals surface area contributed by atoms with Crippen molar-refractivity contribution in [1.29, 1.82) is 0 Å². The minimum atomic E-state index is -3.56. The maximum atomic E-state index is 13.3. The van der Waals surface area contributed by atoms with Gasteiger partial charge in [0.25, 0.3) is 0 Å². The van der Waals surface area contributed by atoms with Crippen molar-refractivity contribution >= 4 is 61.5 Å². The van der Waals surface area contributed by atoms with E-state index < -0.39 is 10.0 Å². The number of benzene rings is 1. The van der Waals surface area contributed by atoms with Crippen LogP contribution in [0.15, 0.2) is 40.0 Å². The summed E-state index contributed by atoms with van der Waals surface area (Å²) in [6.45, 7) is 4.14. The average molecular weight is 471 g/mol. The minimum absolute atomic E-state index is 0. The van der Waals surface area contributed by atoms with Crippen molar-refractivity contribution < 1.29 is 8.42 Å². The van der Waals surface area contributed by atoms with Crippen LogP contribution in [0.5, 0.6) is 0 Å². The average Bonchev–Trinajstić information content (AvgIpc) is 2.50. The molecule has 25 heavy (non-hydrogen) atoms. The smallest absolute Gasteiger partial charge is 0.244 e. The van der Waals surface area contributed by atoms with Gasteiger partial charge in [-0.1, -0.05) is 12.1 Å². The third-order valence-corrected chi connectivity index (χ3v) is 6.86. The van der Waals surface area contributed by atoms with Gasteiger partial charge in [-0.25, -0.2) is 8.42 Å². The lowest BCUT2D eigenvalue weighted by molar-refractivity contribution is 0.301. The number of nitrogens with one attached hydrogen (secondary N) is 1. The van der Waals surface area contributed by atoms with Crippen LogP contribution in [0.4, 0.5) is 0 Å². The van der Waals surface area contributed by atoms with E-state index in [4.69, 9.17) is 0 Å². The van der Waals surface area contributed by atoms with Crippen LogP contribution >= 0.6 is 40.7 Å². The van der Waals surface area contributed by atoms with Crippen molar-refractivity contribution in [2.45, 2.75) is 30.7 Å². The summed E-state index contributed by atoms with van der Waals surface area (Å²) in [5.41, 5.74) is 0. The first-order valence-corrected chi connectivity index (χ1v) is 10.00. The highest BCUT2D eigenvalue weighted by Gasteiger charge is 2.31. The van der Waals surface area contributed by atoms with Crippen LogP contribution in [-0.2, 0) is 10.0 Å². The molecule has 1 fully saturated rings. The zero-order valence-electron chi connectivity index (χ0n) is 13.8. The lowest BCUT2D eigenvalue weighted by Gasteiger charge is -2.31. The second-order valence-corrected chi connectivity index (χ2v) is 8.56. The Kier molecular flexibility index (Phi) is 8.57. The second kappa shape index (κ2) is 9.48. The highest BCUT2D eigenvalue weighted by Crippen LogP contribution is 2.32. The number of rotatable bonds is 2. The zero-order valence-corrected chi connectivity index (χ0v) is 17.8. The SMILES string of the molecule is C[C@H]1CNCCCCN1S(=O)(=O)c1cccc2cncc(Br)c12.Cl.Cl. The molecular formula is C16H22BrCl2N3O2S. The van der Waals surface area contributed by atoms with Gasteiger partial charge in [-0.2, -0.15) is 4.31 Å². The fraction of sp³-hybridized carbons (Fsp3) is 0.438. The molecule has 0 saturated carbocycles. The summed E-state index contributed by atoms with van der Waals surface area (Å²) in [6, 6.07) is 5.26. The van der Waals surface area contributed by atoms with E-state index in [0.29, 0.717) is 27.8 Å². The van der Waals surface area contributed by atoms with Crippen LogP contribution < -0.4 is 5.32 Å². The van der Waals surface area contributed by atoms with E-state index in [1.807, 2.05) is 13.0 Å². The Morgan fingerprint density at radius 1 is 1.24 bits per heavy atom. The number of aromatic nitrogens is 1. The van der Waals surface area contributed by atoms with E-state index in [1.165, 1.54) is 0 Å². The molecule has 0 amide bonds. The number of pyridine rings is 1. The molecule has 140 valence electrons. The van der Waals surface area contributed by atoms with Crippen molar-refractivity contribution in [3.05, 3.63) is 35.1 Å². The highest BCUT2D eigenvalue weighted by molar-refractivity contribution is 9.10. The van der Waals surface area contributed by atoms with E-state index >= 15 is 0 Å². The molecule has 2 heterocycles. The van der Waals surface area contributed by atoms with Crippen LogP contribution in [0.2, 0.25) is 0 Å². The van der Waals surface area contributed by atoms with Crippen molar-refractivity contribution in [3.8, 4) is 0 Å². The van der Waals surface area contributed by atoms with Crippen molar-refractivity contribution in [2.75, 3.05) is 19.6 Å². The number of fused-ring (bicyclic) bond motifs is 1. The summed E-state index contributed by atoms with van der Waals surface area (Å²) in [6.07, 6.45) is 5.18. The molecule has 1 aliphatic heterocycles. The van der Waals surface area contributed by atoms with Gasteiger partial charge in [-0.05, 0) is 48.3 Å². The van der Waals surface area contributed by atoms with Gasteiger partial charge in [0.15, 0.2) is 0 Å². The summed E-state index contributed by atoms with van der Waals surface area (Å²) in [5.74, 6) is 0. The first kappa shape index (κ1) is 22.6. The van der Waals surface area contributed by atoms with Crippen LogP contribution in [0.25, 0.3) is 10.8 Å². The summed E-state index contributed by atoms with van der Waals surface area (Å²) in [4.78, 5) is 4.47. The highest BCUT2D eigenvalue weighted by atomic mass is 79.9. The normalized spacial score (nSPS) is 19.4. The van der Waals surface area contributed by atoms with E-state index in [2.05, 4.69) is 26.2 Å². The molecule has 0 radical (unpaired) electrons. The topological polar surface area (TPSA) is 62.3 Å². The molecule has 0 spiro atoms. The number of hydrogen-bond acceptors (Lipinski definition) is 4. The molecule has 0 unspecified atom stereocenters. The molecule has 5 nitrogen and oxygen atoms in total. The Morgan fingerprint density at radius 3 is 2.76 bits per heavy atom. The van der Waals surface area contributed by atoms with Gasteiger partial charge in [0.05, 0.1) is 4.90 Å². The third-order valence-electron chi connectivity index (χ3n) is 4.20. The van der Waals surface area contributed by atoms with Crippen LogP contribution in [0.1, 0.15) is 19.8 Å². The van der Waals surface area contributed by atoms with Crippen LogP contribution in [0, 0.1) is 0 Å². The standard InChI is InChI=1S/C16H20BrN3O2S.2ClH/c1-12-9-18-7-2-3-8-20(12)23(21,22)15-6-4-5-13-10-19-11-14(17)16(13)15;;/h4-6,10-12,18H,2-3,7-9H2,1H3;2*1H/t12-;;/m0../s1. The Labute approximate surface area is 169 Å².